The van der Waals surface area contributed by atoms with E-state index in [1.807, 2.05) is 10.5 Å². The molecule has 124 valence electrons. The van der Waals surface area contributed by atoms with Crippen LogP contribution in [0.5, 0.6) is 0 Å². The minimum atomic E-state index is 0.607. The highest BCUT2D eigenvalue weighted by molar-refractivity contribution is 7.15. The van der Waals surface area contributed by atoms with Crippen molar-refractivity contribution in [3.05, 3.63) is 70.2 Å². The summed E-state index contributed by atoms with van der Waals surface area (Å²) in [5, 5.41) is 2.06. The second-order valence-electron chi connectivity index (χ2n) is 6.37. The number of hydrogen-bond donors (Lipinski definition) is 0. The molecule has 0 saturated heterocycles. The van der Waals surface area contributed by atoms with Crippen LogP contribution in [0.1, 0.15) is 27.2 Å². The van der Waals surface area contributed by atoms with Crippen LogP contribution in [0.2, 0.25) is 0 Å². The summed E-state index contributed by atoms with van der Waals surface area (Å²) >= 11 is 1.56. The third-order valence-corrected chi connectivity index (χ3v) is 5.46. The van der Waals surface area contributed by atoms with Crippen molar-refractivity contribution in [2.24, 2.45) is 0 Å². The summed E-state index contributed by atoms with van der Waals surface area (Å²) in [6.07, 6.45) is 0.912. The Balaban J connectivity index is 1.95. The van der Waals surface area contributed by atoms with Gasteiger partial charge in [-0.3, -0.25) is 9.20 Å². The Hall–Kier alpha value is -2.72. The molecule has 0 radical (unpaired) electrons. The van der Waals surface area contributed by atoms with Crippen molar-refractivity contribution >= 4 is 22.6 Å². The first-order valence-corrected chi connectivity index (χ1v) is 9.06. The Kier molecular flexibility index (Phi) is 3.77. The standard InChI is InChI=1S/C21H18N2OS/c1-13-4-7-16(8-5-13)19-12-25-21-22-20(18(11-24)23(19)21)17-9-6-14(2)15(3)10-17/h4-12H,1-3H3. The predicted octanol–water partition coefficient (Wildman–Crippen LogP) is 5.47. The molecule has 2 heterocycles. The minimum Gasteiger partial charge on any atom is -0.296 e. The molecule has 0 aliphatic rings. The molecular weight excluding hydrogens is 328 g/mol. The third-order valence-electron chi connectivity index (χ3n) is 4.64. The summed E-state index contributed by atoms with van der Waals surface area (Å²) in [6, 6.07) is 14.5. The Morgan fingerprint density at radius 3 is 2.36 bits per heavy atom. The van der Waals surface area contributed by atoms with Crippen LogP contribution in [0, 0.1) is 20.8 Å². The molecule has 0 saturated carbocycles. The van der Waals surface area contributed by atoms with Gasteiger partial charge in [0.15, 0.2) is 11.2 Å². The number of aldehydes is 1. The summed E-state index contributed by atoms with van der Waals surface area (Å²) in [4.78, 5) is 17.5. The second-order valence-corrected chi connectivity index (χ2v) is 7.20. The highest BCUT2D eigenvalue weighted by atomic mass is 32.1. The summed E-state index contributed by atoms with van der Waals surface area (Å²) in [6.45, 7) is 6.23. The van der Waals surface area contributed by atoms with E-state index in [1.165, 1.54) is 16.7 Å². The largest absolute Gasteiger partial charge is 0.296 e. The number of aromatic nitrogens is 2. The number of fused-ring (bicyclic) bond motifs is 1. The summed E-state index contributed by atoms with van der Waals surface area (Å²) in [7, 11) is 0. The smallest absolute Gasteiger partial charge is 0.195 e. The van der Waals surface area contributed by atoms with Gasteiger partial charge in [-0.15, -0.1) is 11.3 Å². The summed E-state index contributed by atoms with van der Waals surface area (Å²) in [5.41, 5.74) is 8.08. The zero-order valence-corrected chi connectivity index (χ0v) is 15.2. The van der Waals surface area contributed by atoms with Crippen molar-refractivity contribution in [1.29, 1.82) is 0 Å². The van der Waals surface area contributed by atoms with E-state index in [9.17, 15) is 4.79 Å². The maximum atomic E-state index is 11.9. The van der Waals surface area contributed by atoms with Crippen LogP contribution in [-0.4, -0.2) is 15.7 Å². The Bertz CT molecular complexity index is 1090. The normalized spacial score (nSPS) is 11.2. The fourth-order valence-electron chi connectivity index (χ4n) is 3.02. The van der Waals surface area contributed by atoms with Crippen molar-refractivity contribution < 1.29 is 4.79 Å². The monoisotopic (exact) mass is 346 g/mol. The zero-order valence-electron chi connectivity index (χ0n) is 14.4. The lowest BCUT2D eigenvalue weighted by Gasteiger charge is -2.05. The molecule has 0 amide bonds. The highest BCUT2D eigenvalue weighted by Crippen LogP contribution is 2.32. The molecule has 0 atom stereocenters. The van der Waals surface area contributed by atoms with Crippen molar-refractivity contribution in [1.82, 2.24) is 9.38 Å². The molecule has 0 aliphatic carbocycles. The Morgan fingerprint density at radius 2 is 1.68 bits per heavy atom. The summed E-state index contributed by atoms with van der Waals surface area (Å²) in [5.74, 6) is 0. The van der Waals surface area contributed by atoms with E-state index in [1.54, 1.807) is 11.3 Å². The fourth-order valence-corrected chi connectivity index (χ4v) is 3.92. The van der Waals surface area contributed by atoms with Crippen molar-refractivity contribution in [2.45, 2.75) is 20.8 Å². The molecule has 4 heteroatoms. The van der Waals surface area contributed by atoms with Gasteiger partial charge in [-0.1, -0.05) is 42.0 Å². The SMILES string of the molecule is Cc1ccc(-c2csc3nc(-c4ccc(C)c(C)c4)c(C=O)n23)cc1. The van der Waals surface area contributed by atoms with Gasteiger partial charge in [0.05, 0.1) is 5.69 Å². The molecule has 0 spiro atoms. The number of nitrogens with zero attached hydrogens (tertiary/aromatic N) is 2. The molecule has 0 N–H and O–H groups in total. The predicted molar refractivity (Wildman–Crippen MR) is 104 cm³/mol. The van der Waals surface area contributed by atoms with Crippen LogP contribution in [0.4, 0.5) is 0 Å². The lowest BCUT2D eigenvalue weighted by molar-refractivity contribution is 0.111. The molecule has 3 nitrogen and oxygen atoms in total. The van der Waals surface area contributed by atoms with Gasteiger partial charge in [0.25, 0.3) is 0 Å². The molecule has 25 heavy (non-hydrogen) atoms. The molecular formula is C21H18N2OS. The first kappa shape index (κ1) is 15.8. The number of thiazole rings is 1. The van der Waals surface area contributed by atoms with Crippen LogP contribution < -0.4 is 0 Å². The molecule has 0 bridgehead atoms. The number of aryl methyl sites for hydroxylation is 3. The number of hydrogen-bond acceptors (Lipinski definition) is 3. The molecule has 0 unspecified atom stereocenters. The number of carbonyl (C=O) groups is 1. The number of carbonyl (C=O) groups excluding carboxylic acids is 1. The van der Waals surface area contributed by atoms with Gasteiger partial charge < -0.3 is 0 Å². The number of imidazole rings is 1. The van der Waals surface area contributed by atoms with Gasteiger partial charge in [0, 0.05) is 10.9 Å². The summed E-state index contributed by atoms with van der Waals surface area (Å²) < 4.78 is 1.97. The molecule has 0 fully saturated rings. The first-order chi connectivity index (χ1) is 12.1. The molecule has 4 aromatic rings. The Labute approximate surface area is 150 Å². The third kappa shape index (κ3) is 2.59. The van der Waals surface area contributed by atoms with Crippen molar-refractivity contribution in [3.63, 3.8) is 0 Å². The van der Waals surface area contributed by atoms with Crippen molar-refractivity contribution in [3.8, 4) is 22.5 Å². The van der Waals surface area contributed by atoms with E-state index >= 15 is 0 Å². The fraction of sp³-hybridized carbons (Fsp3) is 0.143. The Morgan fingerprint density at radius 1 is 0.960 bits per heavy atom. The van der Waals surface area contributed by atoms with Gasteiger partial charge in [-0.25, -0.2) is 4.98 Å². The van der Waals surface area contributed by atoms with Crippen LogP contribution >= 0.6 is 11.3 Å². The van der Waals surface area contributed by atoms with Gasteiger partial charge in [0.1, 0.15) is 11.4 Å². The van der Waals surface area contributed by atoms with E-state index in [2.05, 4.69) is 62.5 Å². The number of benzene rings is 2. The van der Waals surface area contributed by atoms with Gasteiger partial charge in [-0.2, -0.15) is 0 Å². The molecule has 4 rings (SSSR count). The van der Waals surface area contributed by atoms with Crippen molar-refractivity contribution in [2.75, 3.05) is 0 Å². The molecule has 0 aliphatic heterocycles. The minimum absolute atomic E-state index is 0.607. The lowest BCUT2D eigenvalue weighted by Crippen LogP contribution is -1.94. The number of rotatable bonds is 3. The highest BCUT2D eigenvalue weighted by Gasteiger charge is 2.18. The maximum Gasteiger partial charge on any atom is 0.195 e. The van der Waals surface area contributed by atoms with Crippen LogP contribution in [-0.2, 0) is 0 Å². The van der Waals surface area contributed by atoms with E-state index in [0.29, 0.717) is 5.69 Å². The zero-order chi connectivity index (χ0) is 17.6. The average Bonchev–Trinajstić information content (AvgIpc) is 3.17. The van der Waals surface area contributed by atoms with E-state index in [0.717, 1.165) is 33.8 Å². The topological polar surface area (TPSA) is 34.4 Å². The first-order valence-electron chi connectivity index (χ1n) is 8.18. The van der Waals surface area contributed by atoms with Gasteiger partial charge in [0.2, 0.25) is 0 Å². The molecule has 2 aromatic heterocycles. The maximum absolute atomic E-state index is 11.9. The second kappa shape index (κ2) is 5.97. The average molecular weight is 346 g/mol. The van der Waals surface area contributed by atoms with Crippen LogP contribution in [0.3, 0.4) is 0 Å². The van der Waals surface area contributed by atoms with E-state index in [-0.39, 0.29) is 0 Å². The van der Waals surface area contributed by atoms with Gasteiger partial charge >= 0.3 is 0 Å². The van der Waals surface area contributed by atoms with Gasteiger partial charge in [-0.05, 0) is 43.5 Å². The van der Waals surface area contributed by atoms with E-state index in [4.69, 9.17) is 4.98 Å². The molecule has 2 aromatic carbocycles. The van der Waals surface area contributed by atoms with E-state index < -0.39 is 0 Å². The lowest BCUT2D eigenvalue weighted by atomic mass is 10.0. The van der Waals surface area contributed by atoms with Crippen LogP contribution in [0.15, 0.2) is 47.8 Å². The van der Waals surface area contributed by atoms with Crippen LogP contribution in [0.25, 0.3) is 27.5 Å². The quantitative estimate of drug-likeness (QED) is 0.461.